The van der Waals surface area contributed by atoms with Gasteiger partial charge in [-0.05, 0) is 77.9 Å². The third-order valence-corrected chi connectivity index (χ3v) is 8.23. The van der Waals surface area contributed by atoms with Crippen molar-refractivity contribution in [2.45, 2.75) is 0 Å². The molecule has 0 saturated carbocycles. The van der Waals surface area contributed by atoms with E-state index >= 15 is 0 Å². The van der Waals surface area contributed by atoms with Gasteiger partial charge < -0.3 is 13.4 Å². The molecule has 0 aliphatic rings. The van der Waals surface area contributed by atoms with Crippen LogP contribution in [0.25, 0.3) is 82.5 Å². The number of benzene rings is 6. The number of hydrogen-bond donors (Lipinski definition) is 0. The predicted molar refractivity (Wildman–Crippen MR) is 165 cm³/mol. The molecular formula is C37H20N2O2. The van der Waals surface area contributed by atoms with E-state index in [4.69, 9.17) is 8.83 Å². The number of hydrogen-bond acceptors (Lipinski definition) is 3. The maximum absolute atomic E-state index is 9.42. The van der Waals surface area contributed by atoms with E-state index in [2.05, 4.69) is 89.5 Å². The van der Waals surface area contributed by atoms with Gasteiger partial charge in [0.1, 0.15) is 22.3 Å². The molecule has 0 fully saturated rings. The van der Waals surface area contributed by atoms with Gasteiger partial charge in [-0.3, -0.25) is 0 Å². The summed E-state index contributed by atoms with van der Waals surface area (Å²) in [6.45, 7) is 0. The molecule has 0 spiro atoms. The van der Waals surface area contributed by atoms with Crippen molar-refractivity contribution in [3.05, 3.63) is 127 Å². The second-order valence-electron chi connectivity index (χ2n) is 10.5. The fourth-order valence-corrected chi connectivity index (χ4v) is 6.38. The van der Waals surface area contributed by atoms with Crippen LogP contribution in [0.1, 0.15) is 5.56 Å². The summed E-state index contributed by atoms with van der Waals surface area (Å²) in [4.78, 5) is 0. The van der Waals surface area contributed by atoms with Gasteiger partial charge in [0, 0.05) is 26.9 Å². The summed E-state index contributed by atoms with van der Waals surface area (Å²) in [6, 6.07) is 43.9. The largest absolute Gasteiger partial charge is 0.456 e. The van der Waals surface area contributed by atoms with Crippen LogP contribution in [0.2, 0.25) is 0 Å². The van der Waals surface area contributed by atoms with Crippen molar-refractivity contribution in [3.8, 4) is 22.9 Å². The molecule has 0 aliphatic carbocycles. The Morgan fingerprint density at radius 2 is 1.12 bits per heavy atom. The van der Waals surface area contributed by atoms with E-state index in [9.17, 15) is 5.26 Å². The zero-order chi connectivity index (χ0) is 27.1. The Morgan fingerprint density at radius 1 is 0.488 bits per heavy atom. The number of nitriles is 1. The normalized spacial score (nSPS) is 11.9. The first-order chi connectivity index (χ1) is 20.3. The third kappa shape index (κ3) is 3.09. The van der Waals surface area contributed by atoms with Crippen LogP contribution in [-0.4, -0.2) is 4.57 Å². The molecule has 0 aliphatic heterocycles. The van der Waals surface area contributed by atoms with E-state index in [1.54, 1.807) is 6.07 Å². The highest BCUT2D eigenvalue weighted by atomic mass is 16.3. The fraction of sp³-hybridized carbons (Fsp3) is 0. The minimum Gasteiger partial charge on any atom is -0.456 e. The van der Waals surface area contributed by atoms with Gasteiger partial charge in [0.25, 0.3) is 0 Å². The zero-order valence-corrected chi connectivity index (χ0v) is 21.8. The summed E-state index contributed by atoms with van der Waals surface area (Å²) >= 11 is 0. The standard InChI is InChI=1S/C37H20N2O2/c38-21-22-12-16-34-28(18-22)29-20-24(14-17-35(29)40-34)23-13-15-31-27(19-23)25-6-1-3-8-30(25)39(31)32-9-5-11-36-37(32)26-7-2-4-10-33(26)41-36/h1-20H. The number of furan rings is 2. The molecule has 4 heteroatoms. The Kier molecular flexibility index (Phi) is 4.37. The van der Waals surface area contributed by atoms with Crippen LogP contribution in [-0.2, 0) is 0 Å². The maximum atomic E-state index is 9.42. The molecule has 0 bridgehead atoms. The van der Waals surface area contributed by atoms with Crippen LogP contribution in [0.3, 0.4) is 0 Å². The van der Waals surface area contributed by atoms with Gasteiger partial charge in [-0.15, -0.1) is 0 Å². The Bertz CT molecular complexity index is 2550. The molecule has 9 aromatic rings. The molecule has 3 heterocycles. The Balaban J connectivity index is 1.30. The zero-order valence-electron chi connectivity index (χ0n) is 21.8. The second-order valence-corrected chi connectivity index (χ2v) is 10.5. The highest BCUT2D eigenvalue weighted by molar-refractivity contribution is 6.15. The maximum Gasteiger partial charge on any atom is 0.137 e. The van der Waals surface area contributed by atoms with E-state index in [0.29, 0.717) is 5.56 Å². The van der Waals surface area contributed by atoms with Gasteiger partial charge in [-0.2, -0.15) is 5.26 Å². The lowest BCUT2D eigenvalue weighted by atomic mass is 10.0. The van der Waals surface area contributed by atoms with Crippen molar-refractivity contribution in [2.75, 3.05) is 0 Å². The van der Waals surface area contributed by atoms with Crippen molar-refractivity contribution in [3.63, 3.8) is 0 Å². The van der Waals surface area contributed by atoms with Gasteiger partial charge in [-0.1, -0.05) is 54.6 Å². The van der Waals surface area contributed by atoms with E-state index in [1.807, 2.05) is 36.4 Å². The molecule has 190 valence electrons. The molecule has 41 heavy (non-hydrogen) atoms. The highest BCUT2D eigenvalue weighted by Gasteiger charge is 2.18. The lowest BCUT2D eigenvalue weighted by molar-refractivity contribution is 0.668. The molecule has 6 aromatic carbocycles. The summed E-state index contributed by atoms with van der Waals surface area (Å²) in [5.74, 6) is 0. The lowest BCUT2D eigenvalue weighted by Gasteiger charge is -2.10. The molecule has 3 aromatic heterocycles. The van der Waals surface area contributed by atoms with Crippen LogP contribution >= 0.6 is 0 Å². The topological polar surface area (TPSA) is 55.0 Å². The monoisotopic (exact) mass is 524 g/mol. The minimum atomic E-state index is 0.625. The Hall–Kier alpha value is -5.79. The highest BCUT2D eigenvalue weighted by Crippen LogP contribution is 2.40. The van der Waals surface area contributed by atoms with Crippen molar-refractivity contribution in [2.24, 2.45) is 0 Å². The van der Waals surface area contributed by atoms with Gasteiger partial charge in [0.05, 0.1) is 33.7 Å². The van der Waals surface area contributed by atoms with Crippen LogP contribution in [0.5, 0.6) is 0 Å². The van der Waals surface area contributed by atoms with E-state index < -0.39 is 0 Å². The predicted octanol–water partition coefficient (Wildman–Crippen LogP) is 10.1. The molecular weight excluding hydrogens is 504 g/mol. The summed E-state index contributed by atoms with van der Waals surface area (Å²) < 4.78 is 14.6. The number of fused-ring (bicyclic) bond motifs is 9. The number of para-hydroxylation sites is 2. The first kappa shape index (κ1) is 22.1. The van der Waals surface area contributed by atoms with Crippen LogP contribution in [0.15, 0.2) is 130 Å². The quantitative estimate of drug-likeness (QED) is 0.226. The second kappa shape index (κ2) is 8.11. The van der Waals surface area contributed by atoms with Gasteiger partial charge in [0.15, 0.2) is 0 Å². The third-order valence-electron chi connectivity index (χ3n) is 8.23. The van der Waals surface area contributed by atoms with Crippen molar-refractivity contribution >= 4 is 65.7 Å². The molecule has 0 saturated heterocycles. The van der Waals surface area contributed by atoms with Gasteiger partial charge >= 0.3 is 0 Å². The Morgan fingerprint density at radius 3 is 2.00 bits per heavy atom. The average Bonchev–Trinajstić information content (AvgIpc) is 3.69. The van der Waals surface area contributed by atoms with E-state index in [1.165, 1.54) is 10.8 Å². The molecule has 0 radical (unpaired) electrons. The number of rotatable bonds is 2. The number of nitrogens with zero attached hydrogens (tertiary/aromatic N) is 2. The minimum absolute atomic E-state index is 0.625. The van der Waals surface area contributed by atoms with Crippen LogP contribution < -0.4 is 0 Å². The van der Waals surface area contributed by atoms with Crippen LogP contribution in [0.4, 0.5) is 0 Å². The van der Waals surface area contributed by atoms with E-state index in [0.717, 1.165) is 71.7 Å². The fourth-order valence-electron chi connectivity index (χ4n) is 6.38. The molecule has 0 N–H and O–H groups in total. The molecule has 0 amide bonds. The summed E-state index contributed by atoms with van der Waals surface area (Å²) in [5, 5.41) is 16.0. The van der Waals surface area contributed by atoms with Crippen LogP contribution in [0, 0.1) is 11.3 Å². The average molecular weight is 525 g/mol. The summed E-state index contributed by atoms with van der Waals surface area (Å²) in [7, 11) is 0. The van der Waals surface area contributed by atoms with Crippen molar-refractivity contribution in [1.29, 1.82) is 5.26 Å². The SMILES string of the molecule is N#Cc1ccc2oc3ccc(-c4ccc5c(c4)c4ccccc4n5-c4cccc5oc6ccccc6c45)cc3c2c1. The first-order valence-corrected chi connectivity index (χ1v) is 13.6. The molecule has 4 nitrogen and oxygen atoms in total. The van der Waals surface area contributed by atoms with Crippen molar-refractivity contribution in [1.82, 2.24) is 4.57 Å². The van der Waals surface area contributed by atoms with Crippen molar-refractivity contribution < 1.29 is 8.83 Å². The van der Waals surface area contributed by atoms with Gasteiger partial charge in [0.2, 0.25) is 0 Å². The lowest BCUT2D eigenvalue weighted by Crippen LogP contribution is -1.94. The van der Waals surface area contributed by atoms with Gasteiger partial charge in [-0.25, -0.2) is 0 Å². The smallest absolute Gasteiger partial charge is 0.137 e. The molecule has 0 unspecified atom stereocenters. The number of aromatic nitrogens is 1. The first-order valence-electron chi connectivity index (χ1n) is 13.6. The molecule has 9 rings (SSSR count). The Labute approximate surface area is 233 Å². The summed E-state index contributed by atoms with van der Waals surface area (Å²) in [6.07, 6.45) is 0. The summed E-state index contributed by atoms with van der Waals surface area (Å²) in [5.41, 5.74) is 9.62. The molecule has 0 atom stereocenters. The van der Waals surface area contributed by atoms with E-state index in [-0.39, 0.29) is 0 Å².